The molecule has 0 bridgehead atoms. The molecule has 2 aliphatic rings. The van der Waals surface area contributed by atoms with Gasteiger partial charge in [-0.1, -0.05) is 18.2 Å². The first-order valence-electron chi connectivity index (χ1n) is 10.6. The second-order valence-electron chi connectivity index (χ2n) is 8.22. The van der Waals surface area contributed by atoms with Crippen LogP contribution in [-0.4, -0.2) is 40.7 Å². The lowest BCUT2D eigenvalue weighted by molar-refractivity contribution is 0.357. The molecule has 0 radical (unpaired) electrons. The maximum atomic E-state index is 14.3. The van der Waals surface area contributed by atoms with Crippen LogP contribution in [0.3, 0.4) is 0 Å². The van der Waals surface area contributed by atoms with Crippen LogP contribution < -0.4 is 15.4 Å². The number of hydrogen-bond acceptors (Lipinski definition) is 5. The number of nitrogens with zero attached hydrogens (tertiary/aromatic N) is 3. The predicted octanol–water partition coefficient (Wildman–Crippen LogP) is 3.90. The van der Waals surface area contributed by atoms with E-state index in [4.69, 9.17) is 10.5 Å². The number of benzene rings is 2. The molecule has 7 heteroatoms. The van der Waals surface area contributed by atoms with Crippen molar-refractivity contribution in [1.82, 2.24) is 15.0 Å². The van der Waals surface area contributed by atoms with E-state index < -0.39 is 0 Å². The molecule has 1 fully saturated rings. The summed E-state index contributed by atoms with van der Waals surface area (Å²) in [5.41, 5.74) is 12.3. The van der Waals surface area contributed by atoms with Crippen LogP contribution in [0.2, 0.25) is 0 Å². The van der Waals surface area contributed by atoms with Gasteiger partial charge < -0.3 is 20.4 Å². The van der Waals surface area contributed by atoms with Crippen molar-refractivity contribution in [1.29, 1.82) is 0 Å². The van der Waals surface area contributed by atoms with E-state index in [1.807, 2.05) is 12.3 Å². The smallest absolute Gasteiger partial charge is 0.151 e. The number of nitrogens with two attached hydrogens (primary N) is 1. The topological polar surface area (TPSA) is 80.1 Å². The molecule has 1 atom stereocenters. The third-order valence-electron chi connectivity index (χ3n) is 6.18. The zero-order valence-electron chi connectivity index (χ0n) is 16.9. The van der Waals surface area contributed by atoms with E-state index in [9.17, 15) is 4.39 Å². The average molecular weight is 415 g/mol. The second kappa shape index (κ2) is 7.06. The van der Waals surface area contributed by atoms with Crippen molar-refractivity contribution in [3.05, 3.63) is 60.2 Å². The Morgan fingerprint density at radius 3 is 2.90 bits per heavy atom. The van der Waals surface area contributed by atoms with Gasteiger partial charge >= 0.3 is 0 Å². The number of anilines is 1. The Balaban J connectivity index is 1.56. The number of para-hydroxylation sites is 1. The molecule has 1 saturated heterocycles. The summed E-state index contributed by atoms with van der Waals surface area (Å²) >= 11 is 0. The summed E-state index contributed by atoms with van der Waals surface area (Å²) < 4.78 is 20.1. The van der Waals surface area contributed by atoms with Crippen molar-refractivity contribution in [2.75, 3.05) is 24.6 Å². The molecule has 6 nitrogen and oxygen atoms in total. The SMILES string of the molecule is N[C@H]1CCN(c2c(-c3ccc4c(c3)OCC4)cncc2-c2nc3c(F)cccc3[nH]2)C1. The van der Waals surface area contributed by atoms with Gasteiger partial charge in [0.05, 0.1) is 23.4 Å². The first kappa shape index (κ1) is 18.3. The number of hydrogen-bond donors (Lipinski definition) is 2. The van der Waals surface area contributed by atoms with Gasteiger partial charge in [0.1, 0.15) is 17.1 Å². The van der Waals surface area contributed by atoms with E-state index in [-0.39, 0.29) is 11.9 Å². The number of rotatable bonds is 3. The molecule has 4 aromatic rings. The minimum atomic E-state index is -0.343. The van der Waals surface area contributed by atoms with Crippen molar-refractivity contribution >= 4 is 16.7 Å². The lowest BCUT2D eigenvalue weighted by Crippen LogP contribution is -2.27. The molecule has 0 spiro atoms. The molecule has 31 heavy (non-hydrogen) atoms. The molecule has 6 rings (SSSR count). The van der Waals surface area contributed by atoms with Gasteiger partial charge in [0, 0.05) is 43.5 Å². The molecule has 2 aromatic carbocycles. The van der Waals surface area contributed by atoms with Gasteiger partial charge in [0.25, 0.3) is 0 Å². The fraction of sp³-hybridized carbons (Fsp3) is 0.250. The summed E-state index contributed by atoms with van der Waals surface area (Å²) in [4.78, 5) is 14.7. The molecule has 4 heterocycles. The van der Waals surface area contributed by atoms with Crippen molar-refractivity contribution in [2.24, 2.45) is 5.73 Å². The van der Waals surface area contributed by atoms with E-state index in [1.165, 1.54) is 11.6 Å². The van der Waals surface area contributed by atoms with Crippen LogP contribution in [0.4, 0.5) is 10.1 Å². The number of imidazole rings is 1. The summed E-state index contributed by atoms with van der Waals surface area (Å²) in [6.45, 7) is 2.32. The van der Waals surface area contributed by atoms with E-state index in [0.717, 1.165) is 60.7 Å². The molecule has 3 N–H and O–H groups in total. The number of halogens is 1. The van der Waals surface area contributed by atoms with Gasteiger partial charge in [0.2, 0.25) is 0 Å². The number of fused-ring (bicyclic) bond motifs is 2. The van der Waals surface area contributed by atoms with E-state index in [0.29, 0.717) is 16.9 Å². The van der Waals surface area contributed by atoms with E-state index >= 15 is 0 Å². The Morgan fingerprint density at radius 1 is 1.16 bits per heavy atom. The van der Waals surface area contributed by atoms with Gasteiger partial charge in [-0.2, -0.15) is 0 Å². The van der Waals surface area contributed by atoms with Crippen LogP contribution in [0.25, 0.3) is 33.5 Å². The highest BCUT2D eigenvalue weighted by Crippen LogP contribution is 2.41. The number of aromatic nitrogens is 3. The highest BCUT2D eigenvalue weighted by molar-refractivity contribution is 5.91. The molecule has 0 saturated carbocycles. The fourth-order valence-electron chi connectivity index (χ4n) is 4.63. The summed E-state index contributed by atoms with van der Waals surface area (Å²) in [5.74, 6) is 1.18. The van der Waals surface area contributed by atoms with Crippen LogP contribution in [0, 0.1) is 5.82 Å². The van der Waals surface area contributed by atoms with Crippen molar-refractivity contribution < 1.29 is 9.13 Å². The van der Waals surface area contributed by atoms with Crippen LogP contribution in [-0.2, 0) is 6.42 Å². The number of ether oxygens (including phenoxy) is 1. The van der Waals surface area contributed by atoms with Crippen LogP contribution in [0.15, 0.2) is 48.8 Å². The van der Waals surface area contributed by atoms with Gasteiger partial charge in [-0.05, 0) is 35.7 Å². The lowest BCUT2D eigenvalue weighted by atomic mass is 9.99. The van der Waals surface area contributed by atoms with Crippen LogP contribution in [0.1, 0.15) is 12.0 Å². The lowest BCUT2D eigenvalue weighted by Gasteiger charge is -2.24. The first-order valence-corrected chi connectivity index (χ1v) is 10.6. The number of H-pyrrole nitrogens is 1. The molecule has 0 amide bonds. The van der Waals surface area contributed by atoms with Gasteiger partial charge in [0.15, 0.2) is 5.82 Å². The Morgan fingerprint density at radius 2 is 2.06 bits per heavy atom. The van der Waals surface area contributed by atoms with Gasteiger partial charge in [-0.15, -0.1) is 0 Å². The molecule has 156 valence electrons. The normalized spacial score (nSPS) is 17.9. The Kier molecular flexibility index (Phi) is 4.17. The summed E-state index contributed by atoms with van der Waals surface area (Å²) in [5, 5.41) is 0. The van der Waals surface area contributed by atoms with E-state index in [2.05, 4.69) is 38.1 Å². The Bertz CT molecular complexity index is 1300. The first-order chi connectivity index (χ1) is 15.2. The number of aromatic amines is 1. The molecular weight excluding hydrogens is 393 g/mol. The molecule has 0 aliphatic carbocycles. The van der Waals surface area contributed by atoms with Crippen molar-refractivity contribution in [2.45, 2.75) is 18.9 Å². The molecule has 0 unspecified atom stereocenters. The number of pyridine rings is 1. The second-order valence-corrected chi connectivity index (χ2v) is 8.22. The predicted molar refractivity (Wildman–Crippen MR) is 119 cm³/mol. The highest BCUT2D eigenvalue weighted by Gasteiger charge is 2.27. The highest BCUT2D eigenvalue weighted by atomic mass is 19.1. The maximum absolute atomic E-state index is 14.3. The Hall–Kier alpha value is -3.45. The summed E-state index contributed by atoms with van der Waals surface area (Å²) in [6.07, 6.45) is 5.53. The molecule has 2 aliphatic heterocycles. The fourth-order valence-corrected chi connectivity index (χ4v) is 4.63. The standard InChI is InChI=1S/C24H22FN5O/c25-19-2-1-3-20-22(19)29-24(28-20)18-12-27-11-17(23(18)30-8-6-16(26)13-30)15-5-4-14-7-9-31-21(14)10-15/h1-5,10-12,16H,6-9,13,26H2,(H,28,29)/t16-/m0/s1. The van der Waals surface area contributed by atoms with Gasteiger partial charge in [-0.25, -0.2) is 9.37 Å². The number of nitrogens with one attached hydrogen (secondary N) is 1. The molecule has 2 aromatic heterocycles. The van der Waals surface area contributed by atoms with Crippen LogP contribution in [0.5, 0.6) is 5.75 Å². The summed E-state index contributed by atoms with van der Waals surface area (Å²) in [6, 6.07) is 11.4. The summed E-state index contributed by atoms with van der Waals surface area (Å²) in [7, 11) is 0. The molecular formula is C24H22FN5O. The quantitative estimate of drug-likeness (QED) is 0.530. The van der Waals surface area contributed by atoms with E-state index in [1.54, 1.807) is 12.3 Å². The maximum Gasteiger partial charge on any atom is 0.151 e. The van der Waals surface area contributed by atoms with Crippen molar-refractivity contribution in [3.63, 3.8) is 0 Å². The zero-order chi connectivity index (χ0) is 20.9. The Labute approximate surface area is 178 Å². The average Bonchev–Trinajstić information content (AvgIpc) is 3.52. The van der Waals surface area contributed by atoms with Crippen LogP contribution >= 0.6 is 0 Å². The van der Waals surface area contributed by atoms with Crippen molar-refractivity contribution in [3.8, 4) is 28.3 Å². The van der Waals surface area contributed by atoms with Gasteiger partial charge in [-0.3, -0.25) is 4.98 Å². The monoisotopic (exact) mass is 415 g/mol. The minimum absolute atomic E-state index is 0.116. The third-order valence-corrected chi connectivity index (χ3v) is 6.18. The third kappa shape index (κ3) is 3.04. The zero-order valence-corrected chi connectivity index (χ0v) is 16.9. The minimum Gasteiger partial charge on any atom is -0.493 e. The largest absolute Gasteiger partial charge is 0.493 e.